The van der Waals surface area contributed by atoms with E-state index in [-0.39, 0.29) is 5.41 Å². The average Bonchev–Trinajstić information content (AvgIpc) is 3.14. The quantitative estimate of drug-likeness (QED) is 0.605. The highest BCUT2D eigenvalue weighted by Gasteiger charge is 2.25. The summed E-state index contributed by atoms with van der Waals surface area (Å²) in [5, 5.41) is 11.7. The van der Waals surface area contributed by atoms with Crippen molar-refractivity contribution in [2.45, 2.75) is 77.1 Å². The second-order valence-corrected chi connectivity index (χ2v) is 8.77. The third-order valence-electron chi connectivity index (χ3n) is 3.96. The predicted octanol–water partition coefficient (Wildman–Crippen LogP) is 3.10. The molecule has 0 amide bonds. The maximum atomic E-state index is 5.32. The van der Waals surface area contributed by atoms with E-state index in [4.69, 9.17) is 4.52 Å². The number of aromatic nitrogens is 2. The summed E-state index contributed by atoms with van der Waals surface area (Å²) in [6, 6.07) is 0.502. The van der Waals surface area contributed by atoms with Gasteiger partial charge in [0.25, 0.3) is 0 Å². The van der Waals surface area contributed by atoms with Crippen molar-refractivity contribution < 1.29 is 4.52 Å². The summed E-state index contributed by atoms with van der Waals surface area (Å²) in [4.78, 5) is 9.05. The smallest absolute Gasteiger partial charge is 0.232 e. The Morgan fingerprint density at radius 1 is 1.33 bits per heavy atom. The van der Waals surface area contributed by atoms with E-state index in [9.17, 15) is 0 Å². The summed E-state index contributed by atoms with van der Waals surface area (Å²) < 4.78 is 5.32. The van der Waals surface area contributed by atoms with Gasteiger partial charge in [0.2, 0.25) is 5.89 Å². The monoisotopic (exact) mass is 353 g/mol. The molecule has 1 saturated carbocycles. The molecule has 1 aliphatic carbocycles. The molecular formula is C17H31N5OS. The van der Waals surface area contributed by atoms with Gasteiger partial charge in [-0.15, -0.1) is 0 Å². The van der Waals surface area contributed by atoms with Crippen LogP contribution in [0.3, 0.4) is 0 Å². The molecule has 2 unspecified atom stereocenters. The van der Waals surface area contributed by atoms with E-state index in [2.05, 4.69) is 72.1 Å². The molecule has 1 heterocycles. The first kappa shape index (κ1) is 19.1. The van der Waals surface area contributed by atoms with Crippen molar-refractivity contribution in [1.29, 1.82) is 0 Å². The fraction of sp³-hybridized carbons (Fsp3) is 0.824. The summed E-state index contributed by atoms with van der Waals surface area (Å²) in [6.45, 7) is 11.7. The van der Waals surface area contributed by atoms with Gasteiger partial charge in [-0.3, -0.25) is 0 Å². The normalized spacial score (nSPS) is 22.0. The molecule has 0 radical (unpaired) electrons. The molecule has 7 heteroatoms. The summed E-state index contributed by atoms with van der Waals surface area (Å²) >= 11 is 2.07. The maximum absolute atomic E-state index is 5.32. The van der Waals surface area contributed by atoms with Crippen LogP contribution < -0.4 is 10.6 Å². The lowest BCUT2D eigenvalue weighted by Gasteiger charge is -2.17. The van der Waals surface area contributed by atoms with Gasteiger partial charge < -0.3 is 15.2 Å². The number of aliphatic imine (C=N–C) groups is 1. The second kappa shape index (κ2) is 8.74. The van der Waals surface area contributed by atoms with Crippen LogP contribution in [0.25, 0.3) is 0 Å². The number of hydrogen-bond donors (Lipinski definition) is 2. The Bertz CT molecular complexity index is 537. The van der Waals surface area contributed by atoms with Crippen LogP contribution in [0.15, 0.2) is 9.52 Å². The van der Waals surface area contributed by atoms with Crippen LogP contribution in [-0.2, 0) is 12.0 Å². The third kappa shape index (κ3) is 5.69. The number of nitrogens with zero attached hydrogens (tertiary/aromatic N) is 3. The van der Waals surface area contributed by atoms with Crippen molar-refractivity contribution in [3.63, 3.8) is 0 Å². The first-order valence-corrected chi connectivity index (χ1v) is 9.96. The van der Waals surface area contributed by atoms with Crippen molar-refractivity contribution in [2.75, 3.05) is 12.3 Å². The van der Waals surface area contributed by atoms with Gasteiger partial charge in [-0.05, 0) is 31.9 Å². The molecular weight excluding hydrogens is 322 g/mol. The molecule has 6 nitrogen and oxygen atoms in total. The molecule has 2 rings (SSSR count). The molecule has 2 atom stereocenters. The van der Waals surface area contributed by atoms with Crippen molar-refractivity contribution in [1.82, 2.24) is 20.8 Å². The molecule has 0 aromatic carbocycles. The fourth-order valence-electron chi connectivity index (χ4n) is 2.74. The zero-order valence-electron chi connectivity index (χ0n) is 15.6. The van der Waals surface area contributed by atoms with Crippen LogP contribution in [0.4, 0.5) is 0 Å². The van der Waals surface area contributed by atoms with Crippen LogP contribution in [-0.4, -0.2) is 39.7 Å². The van der Waals surface area contributed by atoms with Crippen LogP contribution >= 0.6 is 11.8 Å². The number of rotatable bonds is 6. The highest BCUT2D eigenvalue weighted by Crippen LogP contribution is 2.29. The van der Waals surface area contributed by atoms with Crippen LogP contribution in [0, 0.1) is 0 Å². The van der Waals surface area contributed by atoms with Gasteiger partial charge in [-0.1, -0.05) is 32.9 Å². The van der Waals surface area contributed by atoms with E-state index in [0.29, 0.717) is 24.3 Å². The van der Waals surface area contributed by atoms with Crippen molar-refractivity contribution in [3.8, 4) is 0 Å². The van der Waals surface area contributed by atoms with Crippen LogP contribution in [0.2, 0.25) is 0 Å². The summed E-state index contributed by atoms with van der Waals surface area (Å²) in [7, 11) is 0. The number of thioether (sulfide) groups is 1. The van der Waals surface area contributed by atoms with E-state index in [1.165, 1.54) is 25.0 Å². The van der Waals surface area contributed by atoms with E-state index >= 15 is 0 Å². The molecule has 0 saturated heterocycles. The minimum atomic E-state index is -0.131. The van der Waals surface area contributed by atoms with E-state index < -0.39 is 0 Å². The lowest BCUT2D eigenvalue weighted by Crippen LogP contribution is -2.42. The zero-order chi connectivity index (χ0) is 17.6. The first-order chi connectivity index (χ1) is 11.4. The minimum absolute atomic E-state index is 0.131. The molecule has 2 N–H and O–H groups in total. The molecule has 1 fully saturated rings. The van der Waals surface area contributed by atoms with E-state index in [1.54, 1.807) is 0 Å². The maximum Gasteiger partial charge on any atom is 0.232 e. The Balaban J connectivity index is 1.92. The molecule has 24 heavy (non-hydrogen) atoms. The number of guanidine groups is 1. The fourth-order valence-corrected chi connectivity index (χ4v) is 3.89. The molecule has 0 bridgehead atoms. The SMILES string of the molecule is CCNC(=NCc1noc(C(C)(C)C)n1)NC1CCC(SCC)C1. The Morgan fingerprint density at radius 2 is 2.12 bits per heavy atom. The third-order valence-corrected chi connectivity index (χ3v) is 5.19. The summed E-state index contributed by atoms with van der Waals surface area (Å²) in [6.07, 6.45) is 3.70. The molecule has 0 aliphatic heterocycles. The number of nitrogens with one attached hydrogen (secondary N) is 2. The summed E-state index contributed by atoms with van der Waals surface area (Å²) in [5.74, 6) is 3.31. The second-order valence-electron chi connectivity index (χ2n) is 7.19. The largest absolute Gasteiger partial charge is 0.357 e. The minimum Gasteiger partial charge on any atom is -0.357 e. The van der Waals surface area contributed by atoms with Gasteiger partial charge >= 0.3 is 0 Å². The number of hydrogen-bond acceptors (Lipinski definition) is 5. The van der Waals surface area contributed by atoms with Crippen LogP contribution in [0.5, 0.6) is 0 Å². The average molecular weight is 354 g/mol. The van der Waals surface area contributed by atoms with Crippen molar-refractivity contribution >= 4 is 17.7 Å². The molecule has 1 aliphatic rings. The lowest BCUT2D eigenvalue weighted by molar-refractivity contribution is 0.318. The van der Waals surface area contributed by atoms with Crippen molar-refractivity contribution in [2.24, 2.45) is 4.99 Å². The van der Waals surface area contributed by atoms with Gasteiger partial charge in [-0.25, -0.2) is 4.99 Å². The van der Waals surface area contributed by atoms with Gasteiger partial charge in [-0.2, -0.15) is 16.7 Å². The van der Waals surface area contributed by atoms with Crippen molar-refractivity contribution in [3.05, 3.63) is 11.7 Å². The van der Waals surface area contributed by atoms with E-state index in [1.807, 2.05) is 0 Å². The Hall–Kier alpha value is -1.24. The molecule has 0 spiro atoms. The molecule has 136 valence electrons. The van der Waals surface area contributed by atoms with Gasteiger partial charge in [0.1, 0.15) is 6.54 Å². The zero-order valence-corrected chi connectivity index (χ0v) is 16.4. The lowest BCUT2D eigenvalue weighted by atomic mass is 9.97. The Morgan fingerprint density at radius 3 is 2.75 bits per heavy atom. The molecule has 1 aromatic heterocycles. The first-order valence-electron chi connectivity index (χ1n) is 8.91. The van der Waals surface area contributed by atoms with Crippen LogP contribution in [0.1, 0.15) is 65.6 Å². The Kier molecular flexibility index (Phi) is 6.95. The van der Waals surface area contributed by atoms with Gasteiger partial charge in [0.05, 0.1) is 0 Å². The Labute approximate surface area is 149 Å². The highest BCUT2D eigenvalue weighted by atomic mass is 32.2. The standard InChI is InChI=1S/C17H31N5OS/c1-6-18-16(20-12-8-9-13(10-12)24-7-2)19-11-14-21-15(23-22-14)17(3,4)5/h12-13H,6-11H2,1-5H3,(H2,18,19,20). The van der Waals surface area contributed by atoms with E-state index in [0.717, 1.165) is 17.8 Å². The van der Waals surface area contributed by atoms with Gasteiger partial charge in [0, 0.05) is 23.3 Å². The topological polar surface area (TPSA) is 75.3 Å². The predicted molar refractivity (Wildman–Crippen MR) is 101 cm³/mol. The summed E-state index contributed by atoms with van der Waals surface area (Å²) in [5.41, 5.74) is -0.131. The highest BCUT2D eigenvalue weighted by molar-refractivity contribution is 7.99. The molecule has 1 aromatic rings. The van der Waals surface area contributed by atoms with Gasteiger partial charge in [0.15, 0.2) is 11.8 Å².